The minimum absolute atomic E-state index is 0. The van der Waals surface area contributed by atoms with E-state index in [1.54, 1.807) is 0 Å². The summed E-state index contributed by atoms with van der Waals surface area (Å²) in [4.78, 5) is 21.5. The van der Waals surface area contributed by atoms with E-state index in [0.29, 0.717) is 12.8 Å². The summed E-state index contributed by atoms with van der Waals surface area (Å²) in [5.74, 6) is -1.39. The van der Waals surface area contributed by atoms with Gasteiger partial charge in [-0.15, -0.1) is 12.4 Å². The van der Waals surface area contributed by atoms with Crippen LogP contribution in [0.2, 0.25) is 0 Å². The molecule has 0 spiro atoms. The summed E-state index contributed by atoms with van der Waals surface area (Å²) >= 11 is 0. The van der Waals surface area contributed by atoms with Gasteiger partial charge < -0.3 is 16.2 Å². The van der Waals surface area contributed by atoms with Crippen molar-refractivity contribution in [2.45, 2.75) is 31.2 Å². The van der Waals surface area contributed by atoms with E-state index in [-0.39, 0.29) is 24.9 Å². The molecule has 0 aromatic heterocycles. The van der Waals surface area contributed by atoms with Crippen LogP contribution in [0.15, 0.2) is 0 Å². The van der Waals surface area contributed by atoms with Gasteiger partial charge in [0, 0.05) is 0 Å². The van der Waals surface area contributed by atoms with Crippen LogP contribution in [-0.2, 0) is 9.59 Å². The van der Waals surface area contributed by atoms with Crippen molar-refractivity contribution in [2.24, 2.45) is 5.73 Å². The van der Waals surface area contributed by atoms with Crippen LogP contribution in [0, 0.1) is 0 Å². The van der Waals surface area contributed by atoms with Gasteiger partial charge in [-0.3, -0.25) is 9.59 Å². The zero-order chi connectivity index (χ0) is 9.90. The van der Waals surface area contributed by atoms with Crippen molar-refractivity contribution >= 4 is 24.3 Å². The summed E-state index contributed by atoms with van der Waals surface area (Å²) in [5.41, 5.74) is 4.96. The highest BCUT2D eigenvalue weighted by atomic mass is 35.5. The Bertz CT molecular complexity index is 227. The van der Waals surface area contributed by atoms with Crippen LogP contribution in [0.3, 0.4) is 0 Å². The van der Waals surface area contributed by atoms with Crippen molar-refractivity contribution in [2.75, 3.05) is 6.54 Å². The number of carboxylic acid groups (broad SMARTS) is 1. The smallest absolute Gasteiger partial charge is 0.322 e. The highest BCUT2D eigenvalue weighted by Gasteiger charge is 2.36. The van der Waals surface area contributed by atoms with Gasteiger partial charge in [0.15, 0.2) is 0 Å². The fourth-order valence-corrected chi connectivity index (χ4v) is 1.56. The summed E-state index contributed by atoms with van der Waals surface area (Å²) < 4.78 is 0. The average molecular weight is 223 g/mol. The second-order valence-electron chi connectivity index (χ2n) is 3.44. The molecule has 0 bridgehead atoms. The van der Waals surface area contributed by atoms with Gasteiger partial charge in [0.25, 0.3) is 0 Å². The second kappa shape index (κ2) is 5.17. The SMILES string of the molecule is Cl.NC1(C(=O)NCC(=O)O)CCCC1. The molecule has 0 unspecified atom stereocenters. The maximum atomic E-state index is 11.4. The van der Waals surface area contributed by atoms with Gasteiger partial charge in [0.05, 0.1) is 5.54 Å². The lowest BCUT2D eigenvalue weighted by molar-refractivity contribution is -0.138. The van der Waals surface area contributed by atoms with E-state index in [4.69, 9.17) is 10.8 Å². The van der Waals surface area contributed by atoms with Gasteiger partial charge >= 0.3 is 5.97 Å². The molecular weight excluding hydrogens is 208 g/mol. The number of carboxylic acids is 1. The van der Waals surface area contributed by atoms with E-state index in [2.05, 4.69) is 5.32 Å². The Labute approximate surface area is 88.4 Å². The first-order valence-electron chi connectivity index (χ1n) is 4.33. The zero-order valence-corrected chi connectivity index (χ0v) is 8.60. The van der Waals surface area contributed by atoms with Gasteiger partial charge in [-0.2, -0.15) is 0 Å². The van der Waals surface area contributed by atoms with Gasteiger partial charge in [-0.1, -0.05) is 12.8 Å². The number of carbonyl (C=O) groups excluding carboxylic acids is 1. The highest BCUT2D eigenvalue weighted by Crippen LogP contribution is 2.26. The number of nitrogens with two attached hydrogens (primary N) is 1. The molecule has 0 saturated heterocycles. The van der Waals surface area contributed by atoms with Crippen molar-refractivity contribution in [3.05, 3.63) is 0 Å². The fourth-order valence-electron chi connectivity index (χ4n) is 1.56. The van der Waals surface area contributed by atoms with Crippen molar-refractivity contribution in [1.82, 2.24) is 5.32 Å². The molecular formula is C8H15ClN2O3. The first-order valence-corrected chi connectivity index (χ1v) is 4.33. The summed E-state index contributed by atoms with van der Waals surface area (Å²) in [5, 5.41) is 10.6. The number of amides is 1. The Hall–Kier alpha value is -0.810. The quantitative estimate of drug-likeness (QED) is 0.621. The van der Waals surface area contributed by atoms with E-state index >= 15 is 0 Å². The molecule has 14 heavy (non-hydrogen) atoms. The number of halogens is 1. The van der Waals surface area contributed by atoms with Crippen molar-refractivity contribution in [1.29, 1.82) is 0 Å². The van der Waals surface area contributed by atoms with E-state index in [1.165, 1.54) is 0 Å². The molecule has 5 nitrogen and oxygen atoms in total. The highest BCUT2D eigenvalue weighted by molar-refractivity contribution is 5.88. The van der Waals surface area contributed by atoms with E-state index in [0.717, 1.165) is 12.8 Å². The van der Waals surface area contributed by atoms with Crippen molar-refractivity contribution in [3.63, 3.8) is 0 Å². The van der Waals surface area contributed by atoms with Crippen LogP contribution in [-0.4, -0.2) is 29.1 Å². The lowest BCUT2D eigenvalue weighted by Crippen LogP contribution is -2.52. The van der Waals surface area contributed by atoms with Crippen LogP contribution < -0.4 is 11.1 Å². The van der Waals surface area contributed by atoms with Crippen LogP contribution >= 0.6 is 12.4 Å². The minimum atomic E-state index is -1.05. The molecule has 1 amide bonds. The average Bonchev–Trinajstić information content (AvgIpc) is 2.49. The Balaban J connectivity index is 0.00000169. The first-order chi connectivity index (χ1) is 6.04. The molecule has 82 valence electrons. The molecule has 0 aromatic rings. The zero-order valence-electron chi connectivity index (χ0n) is 7.78. The molecule has 0 heterocycles. The molecule has 0 aromatic carbocycles. The molecule has 1 fully saturated rings. The first kappa shape index (κ1) is 13.2. The number of hydrogen-bond donors (Lipinski definition) is 3. The number of rotatable bonds is 3. The third-order valence-corrected chi connectivity index (χ3v) is 2.35. The van der Waals surface area contributed by atoms with E-state index in [9.17, 15) is 9.59 Å². The predicted octanol–water partition coefficient (Wildman–Crippen LogP) is -0.120. The maximum Gasteiger partial charge on any atom is 0.322 e. The summed E-state index contributed by atoms with van der Waals surface area (Å²) in [6.45, 7) is -0.349. The third kappa shape index (κ3) is 3.16. The maximum absolute atomic E-state index is 11.4. The summed E-state index contributed by atoms with van der Waals surface area (Å²) in [7, 11) is 0. The van der Waals surface area contributed by atoms with Crippen molar-refractivity contribution < 1.29 is 14.7 Å². The molecule has 0 atom stereocenters. The van der Waals surface area contributed by atoms with Crippen LogP contribution in [0.1, 0.15) is 25.7 Å². The van der Waals surface area contributed by atoms with Gasteiger partial charge in [0.2, 0.25) is 5.91 Å². The number of aliphatic carboxylic acids is 1. The second-order valence-corrected chi connectivity index (χ2v) is 3.44. The van der Waals surface area contributed by atoms with E-state index < -0.39 is 11.5 Å². The lowest BCUT2D eigenvalue weighted by Gasteiger charge is -2.21. The topological polar surface area (TPSA) is 92.4 Å². The number of hydrogen-bond acceptors (Lipinski definition) is 3. The molecule has 0 aliphatic heterocycles. The molecule has 1 aliphatic carbocycles. The minimum Gasteiger partial charge on any atom is -0.480 e. The Kier molecular flexibility index (Phi) is 4.87. The van der Waals surface area contributed by atoms with Crippen molar-refractivity contribution in [3.8, 4) is 0 Å². The Morgan fingerprint density at radius 3 is 2.29 bits per heavy atom. The Morgan fingerprint density at radius 1 is 1.36 bits per heavy atom. The largest absolute Gasteiger partial charge is 0.480 e. The van der Waals surface area contributed by atoms with Crippen LogP contribution in [0.5, 0.6) is 0 Å². The summed E-state index contributed by atoms with van der Waals surface area (Å²) in [6, 6.07) is 0. The number of carbonyl (C=O) groups is 2. The Morgan fingerprint density at radius 2 is 1.86 bits per heavy atom. The normalized spacial score (nSPS) is 18.4. The lowest BCUT2D eigenvalue weighted by atomic mass is 9.98. The molecule has 0 radical (unpaired) electrons. The standard InChI is InChI=1S/C8H14N2O3.ClH/c9-8(3-1-2-4-8)7(13)10-5-6(11)12;/h1-5,9H2,(H,10,13)(H,11,12);1H. The van der Waals surface area contributed by atoms with Crippen LogP contribution in [0.4, 0.5) is 0 Å². The van der Waals surface area contributed by atoms with Gasteiger partial charge in [-0.25, -0.2) is 0 Å². The molecule has 6 heteroatoms. The fraction of sp³-hybridized carbons (Fsp3) is 0.750. The summed E-state index contributed by atoms with van der Waals surface area (Å²) in [6.07, 6.45) is 3.19. The molecule has 1 rings (SSSR count). The molecule has 4 N–H and O–H groups in total. The van der Waals surface area contributed by atoms with Gasteiger partial charge in [0.1, 0.15) is 6.54 Å². The predicted molar refractivity (Wildman–Crippen MR) is 53.3 cm³/mol. The third-order valence-electron chi connectivity index (χ3n) is 2.35. The molecule has 1 saturated carbocycles. The van der Waals surface area contributed by atoms with Crippen LogP contribution in [0.25, 0.3) is 0 Å². The van der Waals surface area contributed by atoms with Gasteiger partial charge in [-0.05, 0) is 12.8 Å². The monoisotopic (exact) mass is 222 g/mol. The number of nitrogens with one attached hydrogen (secondary N) is 1. The molecule has 1 aliphatic rings. The van der Waals surface area contributed by atoms with E-state index in [1.807, 2.05) is 0 Å².